The lowest BCUT2D eigenvalue weighted by Gasteiger charge is -2.33. The summed E-state index contributed by atoms with van der Waals surface area (Å²) in [5.41, 5.74) is 0.454. The highest BCUT2D eigenvalue weighted by Gasteiger charge is 2.35. The summed E-state index contributed by atoms with van der Waals surface area (Å²) in [6, 6.07) is 16.0. The number of carbonyl (C=O) groups is 2. The minimum atomic E-state index is -4.29. The van der Waals surface area contributed by atoms with Gasteiger partial charge in [0.2, 0.25) is 11.8 Å². The van der Waals surface area contributed by atoms with Gasteiger partial charge in [-0.1, -0.05) is 90.9 Å². The number of nitrogens with zero attached hydrogens (tertiary/aromatic N) is 2. The first-order chi connectivity index (χ1) is 19.5. The van der Waals surface area contributed by atoms with Gasteiger partial charge < -0.3 is 10.2 Å². The third-order valence-electron chi connectivity index (χ3n) is 6.39. The molecule has 0 aliphatic carbocycles. The van der Waals surface area contributed by atoms with Crippen molar-refractivity contribution in [3.8, 4) is 0 Å². The van der Waals surface area contributed by atoms with E-state index in [9.17, 15) is 18.0 Å². The first kappa shape index (κ1) is 33.0. The number of rotatable bonds is 13. The highest BCUT2D eigenvalue weighted by atomic mass is 35.5. The number of carbonyl (C=O) groups excluding carboxylic acids is 2. The van der Waals surface area contributed by atoms with Crippen LogP contribution in [0.5, 0.6) is 0 Å². The van der Waals surface area contributed by atoms with Crippen molar-refractivity contribution in [1.82, 2.24) is 10.2 Å². The molecule has 0 bridgehead atoms. The fourth-order valence-electron chi connectivity index (χ4n) is 4.19. The minimum Gasteiger partial charge on any atom is -0.354 e. The van der Waals surface area contributed by atoms with Crippen molar-refractivity contribution < 1.29 is 18.0 Å². The van der Waals surface area contributed by atoms with Crippen LogP contribution in [0.1, 0.15) is 38.7 Å². The number of hydrogen-bond donors (Lipinski definition) is 1. The molecule has 3 aromatic carbocycles. The molecule has 0 unspecified atom stereocenters. The van der Waals surface area contributed by atoms with E-state index in [1.165, 1.54) is 35.2 Å². The van der Waals surface area contributed by atoms with Gasteiger partial charge in [0.25, 0.3) is 10.0 Å². The second-order valence-corrected chi connectivity index (χ2v) is 12.7. The van der Waals surface area contributed by atoms with Crippen LogP contribution in [0.3, 0.4) is 0 Å². The van der Waals surface area contributed by atoms with Crippen LogP contribution in [0.15, 0.2) is 71.6 Å². The molecule has 7 nitrogen and oxygen atoms in total. The predicted octanol–water partition coefficient (Wildman–Crippen LogP) is 7.22. The molecule has 0 aliphatic heterocycles. The summed E-state index contributed by atoms with van der Waals surface area (Å²) in [7, 11) is -4.29. The van der Waals surface area contributed by atoms with Gasteiger partial charge in [-0.05, 0) is 55.3 Å². The lowest BCUT2D eigenvalue weighted by atomic mass is 10.1. The number of sulfonamides is 1. The number of halogens is 4. The van der Waals surface area contributed by atoms with Crippen molar-refractivity contribution in [2.24, 2.45) is 0 Å². The molecular weight excluding hydrogens is 628 g/mol. The van der Waals surface area contributed by atoms with Crippen LogP contribution in [0.4, 0.5) is 5.69 Å². The molecule has 0 heterocycles. The Morgan fingerprint density at radius 2 is 1.54 bits per heavy atom. The van der Waals surface area contributed by atoms with Crippen LogP contribution in [-0.2, 0) is 26.2 Å². The average Bonchev–Trinajstić information content (AvgIpc) is 2.95. The zero-order chi connectivity index (χ0) is 30.2. The standard InChI is InChI=1S/C29H31Cl4N3O4S/c1-3-5-16-34-29(38)26(4-2)35(18-22-23(31)12-9-13-24(22)32)28(37)19-36(27-17-20(30)14-15-25(27)33)41(39,40)21-10-7-6-8-11-21/h6-15,17,26H,3-5,16,18-19H2,1-2H3,(H,34,38)/t26-/m0/s1. The molecule has 0 fully saturated rings. The van der Waals surface area contributed by atoms with Gasteiger partial charge in [-0.3, -0.25) is 13.9 Å². The van der Waals surface area contributed by atoms with E-state index < -0.39 is 28.5 Å². The van der Waals surface area contributed by atoms with Crippen LogP contribution < -0.4 is 9.62 Å². The molecule has 0 saturated heterocycles. The summed E-state index contributed by atoms with van der Waals surface area (Å²) in [5.74, 6) is -1.02. The summed E-state index contributed by atoms with van der Waals surface area (Å²) < 4.78 is 28.7. The van der Waals surface area contributed by atoms with Gasteiger partial charge in [-0.25, -0.2) is 8.42 Å². The van der Waals surface area contributed by atoms with E-state index in [4.69, 9.17) is 46.4 Å². The number of hydrogen-bond acceptors (Lipinski definition) is 4. The van der Waals surface area contributed by atoms with Gasteiger partial charge in [0.15, 0.2) is 0 Å². The van der Waals surface area contributed by atoms with Gasteiger partial charge in [-0.2, -0.15) is 0 Å². The molecule has 3 aromatic rings. The van der Waals surface area contributed by atoms with Gasteiger partial charge in [0, 0.05) is 33.7 Å². The molecule has 0 radical (unpaired) electrons. The molecule has 41 heavy (non-hydrogen) atoms. The van der Waals surface area contributed by atoms with Crippen LogP contribution in [0.25, 0.3) is 0 Å². The van der Waals surface area contributed by atoms with E-state index in [0.717, 1.165) is 17.1 Å². The predicted molar refractivity (Wildman–Crippen MR) is 166 cm³/mol. The molecule has 12 heteroatoms. The van der Waals surface area contributed by atoms with Crippen molar-refractivity contribution in [3.63, 3.8) is 0 Å². The Labute approximate surface area is 261 Å². The maximum atomic E-state index is 14.1. The van der Waals surface area contributed by atoms with Crippen LogP contribution in [-0.4, -0.2) is 44.3 Å². The lowest BCUT2D eigenvalue weighted by molar-refractivity contribution is -0.140. The van der Waals surface area contributed by atoms with Crippen LogP contribution >= 0.6 is 46.4 Å². The Kier molecular flexibility index (Phi) is 12.2. The summed E-state index contributed by atoms with van der Waals surface area (Å²) >= 11 is 25.5. The molecule has 1 atom stereocenters. The lowest BCUT2D eigenvalue weighted by Crippen LogP contribution is -2.52. The van der Waals surface area contributed by atoms with Gasteiger partial charge in [0.05, 0.1) is 15.6 Å². The van der Waals surface area contributed by atoms with E-state index in [1.807, 2.05) is 6.92 Å². The molecule has 0 saturated carbocycles. The summed E-state index contributed by atoms with van der Waals surface area (Å²) in [6.07, 6.45) is 1.90. The first-order valence-corrected chi connectivity index (χ1v) is 16.0. The number of anilines is 1. The quantitative estimate of drug-likeness (QED) is 0.197. The Hall–Kier alpha value is -2.49. The number of nitrogens with one attached hydrogen (secondary N) is 1. The zero-order valence-corrected chi connectivity index (χ0v) is 26.5. The fourth-order valence-corrected chi connectivity index (χ4v) is 6.59. The monoisotopic (exact) mass is 657 g/mol. The SMILES string of the molecule is CCCCNC(=O)[C@H](CC)N(Cc1c(Cl)cccc1Cl)C(=O)CN(c1cc(Cl)ccc1Cl)S(=O)(=O)c1ccccc1. The molecule has 1 N–H and O–H groups in total. The van der Waals surface area contributed by atoms with Crippen molar-refractivity contribution in [2.75, 3.05) is 17.4 Å². The zero-order valence-electron chi connectivity index (χ0n) is 22.6. The molecule has 3 rings (SSSR count). The van der Waals surface area contributed by atoms with Gasteiger partial charge in [0.1, 0.15) is 12.6 Å². The Morgan fingerprint density at radius 1 is 0.878 bits per heavy atom. The first-order valence-electron chi connectivity index (χ1n) is 13.0. The third-order valence-corrected chi connectivity index (χ3v) is 9.43. The molecule has 2 amide bonds. The van der Waals surface area contributed by atoms with Crippen LogP contribution in [0.2, 0.25) is 20.1 Å². The smallest absolute Gasteiger partial charge is 0.264 e. The second kappa shape index (κ2) is 15.1. The fraction of sp³-hybridized carbons (Fsp3) is 0.310. The van der Waals surface area contributed by atoms with Crippen molar-refractivity contribution in [2.45, 2.75) is 50.6 Å². The second-order valence-electron chi connectivity index (χ2n) is 9.21. The Bertz CT molecular complexity index is 1450. The number of benzene rings is 3. The van der Waals surface area contributed by atoms with Gasteiger partial charge >= 0.3 is 0 Å². The van der Waals surface area contributed by atoms with Crippen LogP contribution in [0, 0.1) is 0 Å². The molecule has 0 spiro atoms. The largest absolute Gasteiger partial charge is 0.354 e. The van der Waals surface area contributed by atoms with Crippen molar-refractivity contribution in [1.29, 1.82) is 0 Å². The third kappa shape index (κ3) is 8.30. The molecule has 0 aromatic heterocycles. The number of amides is 2. The Morgan fingerprint density at radius 3 is 2.15 bits per heavy atom. The van der Waals surface area contributed by atoms with E-state index in [-0.39, 0.29) is 39.5 Å². The average molecular weight is 659 g/mol. The molecule has 220 valence electrons. The maximum Gasteiger partial charge on any atom is 0.264 e. The molecular formula is C29H31Cl4N3O4S. The van der Waals surface area contributed by atoms with E-state index in [2.05, 4.69) is 5.32 Å². The van der Waals surface area contributed by atoms with Crippen molar-refractivity contribution >= 4 is 73.9 Å². The van der Waals surface area contributed by atoms with Gasteiger partial charge in [-0.15, -0.1) is 0 Å². The van der Waals surface area contributed by atoms with Crippen molar-refractivity contribution in [3.05, 3.63) is 92.4 Å². The normalized spacial score (nSPS) is 12.0. The van der Waals surface area contributed by atoms with E-state index >= 15 is 0 Å². The minimum absolute atomic E-state index is 0.0209. The number of unbranched alkanes of at least 4 members (excludes halogenated alkanes) is 1. The van der Waals surface area contributed by atoms with E-state index in [0.29, 0.717) is 22.2 Å². The Balaban J connectivity index is 2.10. The highest BCUT2D eigenvalue weighted by molar-refractivity contribution is 7.92. The summed E-state index contributed by atoms with van der Waals surface area (Å²) in [4.78, 5) is 28.7. The topological polar surface area (TPSA) is 86.8 Å². The maximum absolute atomic E-state index is 14.1. The van der Waals surface area contributed by atoms with E-state index in [1.54, 1.807) is 43.3 Å². The highest BCUT2D eigenvalue weighted by Crippen LogP contribution is 2.34. The summed E-state index contributed by atoms with van der Waals surface area (Å²) in [5, 5.41) is 3.79. The summed E-state index contributed by atoms with van der Waals surface area (Å²) in [6.45, 7) is 3.41. The molecule has 0 aliphatic rings.